The van der Waals surface area contributed by atoms with E-state index in [1.54, 1.807) is 0 Å². The van der Waals surface area contributed by atoms with Gasteiger partial charge >= 0.3 is 0 Å². The summed E-state index contributed by atoms with van der Waals surface area (Å²) in [4.78, 5) is 12.1. The quantitative estimate of drug-likeness (QED) is 0.731. The van der Waals surface area contributed by atoms with Gasteiger partial charge in [-0.25, -0.2) is 0 Å². The number of hydrogen-bond donors (Lipinski definition) is 0. The van der Waals surface area contributed by atoms with E-state index in [1.807, 2.05) is 11.6 Å². The first-order valence-corrected chi connectivity index (χ1v) is 5.99. The number of nitrogens with zero attached hydrogens (tertiary/aromatic N) is 2. The van der Waals surface area contributed by atoms with Crippen molar-refractivity contribution >= 4 is 0 Å². The predicted molar refractivity (Wildman–Crippen MR) is 61.4 cm³/mol. The smallest absolute Gasteiger partial charge is 0.270 e. The molecule has 3 nitrogen and oxygen atoms in total. The van der Waals surface area contributed by atoms with Crippen LogP contribution in [0.3, 0.4) is 0 Å². The van der Waals surface area contributed by atoms with Gasteiger partial charge in [-0.1, -0.05) is 0 Å². The maximum absolute atomic E-state index is 12.1. The number of hydrogen-bond acceptors (Lipinski definition) is 1. The molecular weight excluding hydrogens is 188 g/mol. The molecule has 0 aromatic carbocycles. The minimum Gasteiger partial charge on any atom is -0.284 e. The number of fused-ring (bicyclic) bond motifs is 1. The average molecular weight is 208 g/mol. The summed E-state index contributed by atoms with van der Waals surface area (Å²) < 4.78 is 4.11. The molecule has 1 aliphatic carbocycles. The predicted octanol–water partition coefficient (Wildman–Crippen LogP) is 2.13. The Hall–Kier alpha value is -0.990. The van der Waals surface area contributed by atoms with Gasteiger partial charge in [0, 0.05) is 23.8 Å². The Morgan fingerprint density at radius 2 is 1.93 bits per heavy atom. The van der Waals surface area contributed by atoms with Crippen LogP contribution in [0.1, 0.15) is 50.9 Å². The molecule has 3 heteroatoms. The molecule has 1 aromatic rings. The third-order valence-corrected chi connectivity index (χ3v) is 3.26. The van der Waals surface area contributed by atoms with Crippen molar-refractivity contribution in [3.05, 3.63) is 21.6 Å². The fraction of sp³-hybridized carbons (Fsp3) is 0.750. The molecule has 0 spiro atoms. The van der Waals surface area contributed by atoms with E-state index in [-0.39, 0.29) is 5.56 Å². The van der Waals surface area contributed by atoms with Crippen LogP contribution >= 0.6 is 0 Å². The lowest BCUT2D eigenvalue weighted by Gasteiger charge is -2.19. The van der Waals surface area contributed by atoms with E-state index in [1.165, 1.54) is 18.5 Å². The Morgan fingerprint density at radius 3 is 2.53 bits per heavy atom. The summed E-state index contributed by atoms with van der Waals surface area (Å²) in [5, 5.41) is 0. The van der Waals surface area contributed by atoms with E-state index in [2.05, 4.69) is 18.5 Å². The van der Waals surface area contributed by atoms with Gasteiger partial charge in [0.05, 0.1) is 0 Å². The topological polar surface area (TPSA) is 26.9 Å². The van der Waals surface area contributed by atoms with E-state index in [4.69, 9.17) is 0 Å². The molecule has 0 radical (unpaired) electrons. The number of aromatic nitrogens is 2. The monoisotopic (exact) mass is 208 g/mol. The van der Waals surface area contributed by atoms with Gasteiger partial charge in [-0.3, -0.25) is 14.2 Å². The molecule has 2 rings (SSSR count). The van der Waals surface area contributed by atoms with E-state index in [9.17, 15) is 4.79 Å². The van der Waals surface area contributed by atoms with E-state index in [0.29, 0.717) is 6.04 Å². The zero-order valence-corrected chi connectivity index (χ0v) is 9.92. The highest BCUT2D eigenvalue weighted by Crippen LogP contribution is 2.21. The highest BCUT2D eigenvalue weighted by molar-refractivity contribution is 5.22. The maximum atomic E-state index is 12.1. The summed E-state index contributed by atoms with van der Waals surface area (Å²) in [5.74, 6) is 0. The first kappa shape index (κ1) is 10.5. The SMILES string of the molecule is CCn1c(=O)c2c(n1C(C)C)CCCC2. The second kappa shape index (κ2) is 3.87. The van der Waals surface area contributed by atoms with Crippen LogP contribution in [0.15, 0.2) is 4.79 Å². The lowest BCUT2D eigenvalue weighted by Crippen LogP contribution is -2.24. The van der Waals surface area contributed by atoms with Crippen LogP contribution in [0.2, 0.25) is 0 Å². The van der Waals surface area contributed by atoms with Crippen molar-refractivity contribution in [2.24, 2.45) is 0 Å². The highest BCUT2D eigenvalue weighted by atomic mass is 16.1. The molecule has 1 aliphatic rings. The van der Waals surface area contributed by atoms with E-state index in [0.717, 1.165) is 24.9 Å². The zero-order chi connectivity index (χ0) is 11.0. The third kappa shape index (κ3) is 1.54. The van der Waals surface area contributed by atoms with Gasteiger partial charge in [-0.15, -0.1) is 0 Å². The molecule has 0 unspecified atom stereocenters. The fourth-order valence-corrected chi connectivity index (χ4v) is 2.66. The molecule has 0 bridgehead atoms. The molecule has 0 fully saturated rings. The van der Waals surface area contributed by atoms with Crippen LogP contribution in [0.4, 0.5) is 0 Å². The first-order chi connectivity index (χ1) is 7.16. The lowest BCUT2D eigenvalue weighted by atomic mass is 9.98. The molecule has 15 heavy (non-hydrogen) atoms. The average Bonchev–Trinajstić information content (AvgIpc) is 2.52. The fourth-order valence-electron chi connectivity index (χ4n) is 2.66. The van der Waals surface area contributed by atoms with Crippen LogP contribution < -0.4 is 5.56 Å². The lowest BCUT2D eigenvalue weighted by molar-refractivity contribution is 0.396. The van der Waals surface area contributed by atoms with Gasteiger partial charge < -0.3 is 0 Å². The van der Waals surface area contributed by atoms with E-state index >= 15 is 0 Å². The summed E-state index contributed by atoms with van der Waals surface area (Å²) >= 11 is 0. The molecule has 1 heterocycles. The Balaban J connectivity index is 2.65. The molecule has 0 atom stereocenters. The molecule has 0 N–H and O–H groups in total. The second-order valence-electron chi connectivity index (χ2n) is 4.59. The van der Waals surface area contributed by atoms with Crippen molar-refractivity contribution < 1.29 is 0 Å². The van der Waals surface area contributed by atoms with Crippen LogP contribution in [0.25, 0.3) is 0 Å². The van der Waals surface area contributed by atoms with Gasteiger partial charge in [0.2, 0.25) is 0 Å². The van der Waals surface area contributed by atoms with Crippen molar-refractivity contribution in [2.75, 3.05) is 0 Å². The maximum Gasteiger partial charge on any atom is 0.270 e. The molecule has 0 aliphatic heterocycles. The normalized spacial score (nSPS) is 15.7. The van der Waals surface area contributed by atoms with Crippen molar-refractivity contribution in [1.82, 2.24) is 9.36 Å². The largest absolute Gasteiger partial charge is 0.284 e. The van der Waals surface area contributed by atoms with Crippen LogP contribution in [0, 0.1) is 0 Å². The minimum atomic E-state index is 0.251. The van der Waals surface area contributed by atoms with E-state index < -0.39 is 0 Å². The standard InChI is InChI=1S/C12H20N2O/c1-4-13-12(15)10-7-5-6-8-11(10)14(13)9(2)3/h9H,4-8H2,1-3H3. The summed E-state index contributed by atoms with van der Waals surface area (Å²) in [5.41, 5.74) is 2.63. The minimum absolute atomic E-state index is 0.251. The number of rotatable bonds is 2. The Kier molecular flexibility index (Phi) is 2.72. The molecule has 0 saturated heterocycles. The van der Waals surface area contributed by atoms with Crippen molar-refractivity contribution in [1.29, 1.82) is 0 Å². The van der Waals surface area contributed by atoms with Gasteiger partial charge in [-0.05, 0) is 46.5 Å². The van der Waals surface area contributed by atoms with Gasteiger partial charge in [-0.2, -0.15) is 0 Å². The third-order valence-electron chi connectivity index (χ3n) is 3.26. The summed E-state index contributed by atoms with van der Waals surface area (Å²) in [6, 6.07) is 0.388. The van der Waals surface area contributed by atoms with Crippen molar-refractivity contribution in [3.8, 4) is 0 Å². The van der Waals surface area contributed by atoms with Gasteiger partial charge in [0.25, 0.3) is 5.56 Å². The van der Waals surface area contributed by atoms with Crippen LogP contribution in [0.5, 0.6) is 0 Å². The molecular formula is C12H20N2O. The molecule has 84 valence electrons. The van der Waals surface area contributed by atoms with Crippen molar-refractivity contribution in [3.63, 3.8) is 0 Å². The molecule has 0 saturated carbocycles. The van der Waals surface area contributed by atoms with Crippen LogP contribution in [-0.4, -0.2) is 9.36 Å². The van der Waals surface area contributed by atoms with Crippen molar-refractivity contribution in [2.45, 2.75) is 59.0 Å². The first-order valence-electron chi connectivity index (χ1n) is 5.99. The Bertz CT molecular complexity index is 412. The molecule has 1 aromatic heterocycles. The summed E-state index contributed by atoms with van der Waals surface area (Å²) in [7, 11) is 0. The van der Waals surface area contributed by atoms with Crippen LogP contribution in [-0.2, 0) is 19.4 Å². The molecule has 0 amide bonds. The Morgan fingerprint density at radius 1 is 1.27 bits per heavy atom. The highest BCUT2D eigenvalue weighted by Gasteiger charge is 2.22. The summed E-state index contributed by atoms with van der Waals surface area (Å²) in [6.07, 6.45) is 4.46. The van der Waals surface area contributed by atoms with Gasteiger partial charge in [0.15, 0.2) is 0 Å². The zero-order valence-electron chi connectivity index (χ0n) is 9.92. The summed E-state index contributed by atoms with van der Waals surface area (Å²) in [6.45, 7) is 7.14. The second-order valence-corrected chi connectivity index (χ2v) is 4.59. The Labute approximate surface area is 90.7 Å². The van der Waals surface area contributed by atoms with Gasteiger partial charge in [0.1, 0.15) is 0 Å².